The Balaban J connectivity index is 1.59. The number of benzene rings is 2. The van der Waals surface area contributed by atoms with Crippen molar-refractivity contribution in [1.29, 1.82) is 0 Å². The largest absolute Gasteiger partial charge is 0.326 e. The van der Waals surface area contributed by atoms with Crippen molar-refractivity contribution in [1.82, 2.24) is 9.78 Å². The highest BCUT2D eigenvalue weighted by Crippen LogP contribution is 2.15. The molecular formula is C20H17F2N3O2. The monoisotopic (exact) mass is 369 g/mol. The Bertz CT molecular complexity index is 983. The zero-order valence-electron chi connectivity index (χ0n) is 14.4. The summed E-state index contributed by atoms with van der Waals surface area (Å²) in [5.41, 5.74) is 1.47. The molecule has 0 spiro atoms. The van der Waals surface area contributed by atoms with Gasteiger partial charge in [-0.2, -0.15) is 5.10 Å². The van der Waals surface area contributed by atoms with Crippen LogP contribution in [0, 0.1) is 11.6 Å². The first-order chi connectivity index (χ1) is 13.0. The van der Waals surface area contributed by atoms with E-state index in [-0.39, 0.29) is 36.1 Å². The number of hydrogen-bond donors (Lipinski definition) is 1. The van der Waals surface area contributed by atoms with Crippen LogP contribution in [0.25, 0.3) is 11.3 Å². The molecule has 3 rings (SSSR count). The lowest BCUT2D eigenvalue weighted by Crippen LogP contribution is -2.23. The maximum Gasteiger partial charge on any atom is 0.266 e. The Hall–Kier alpha value is -3.35. The summed E-state index contributed by atoms with van der Waals surface area (Å²) in [6.45, 7) is 0.269. The summed E-state index contributed by atoms with van der Waals surface area (Å²) < 4.78 is 27.2. The first-order valence-corrected chi connectivity index (χ1v) is 8.41. The van der Waals surface area contributed by atoms with E-state index in [4.69, 9.17) is 0 Å². The van der Waals surface area contributed by atoms with E-state index in [0.717, 1.165) is 0 Å². The number of hydrogen-bond acceptors (Lipinski definition) is 3. The minimum absolute atomic E-state index is 0.187. The molecule has 1 aromatic heterocycles. The third-order valence-corrected chi connectivity index (χ3v) is 3.91. The van der Waals surface area contributed by atoms with E-state index in [1.165, 1.54) is 47.1 Å². The van der Waals surface area contributed by atoms with Gasteiger partial charge in [0.05, 0.1) is 5.69 Å². The Labute approximate surface area is 154 Å². The smallest absolute Gasteiger partial charge is 0.266 e. The zero-order chi connectivity index (χ0) is 19.2. The summed E-state index contributed by atoms with van der Waals surface area (Å²) in [7, 11) is 0. The Morgan fingerprint density at radius 2 is 1.56 bits per heavy atom. The van der Waals surface area contributed by atoms with Gasteiger partial charge in [-0.3, -0.25) is 9.59 Å². The molecule has 1 heterocycles. The van der Waals surface area contributed by atoms with E-state index in [9.17, 15) is 18.4 Å². The topological polar surface area (TPSA) is 64.0 Å². The molecule has 0 bridgehead atoms. The number of nitrogens with zero attached hydrogens (tertiary/aromatic N) is 2. The van der Waals surface area contributed by atoms with E-state index in [0.29, 0.717) is 23.4 Å². The molecule has 0 radical (unpaired) electrons. The van der Waals surface area contributed by atoms with Crippen molar-refractivity contribution in [3.05, 3.63) is 82.7 Å². The van der Waals surface area contributed by atoms with Crippen LogP contribution in [0.2, 0.25) is 0 Å². The highest BCUT2D eigenvalue weighted by atomic mass is 19.1. The van der Waals surface area contributed by atoms with Crippen molar-refractivity contribution in [2.24, 2.45) is 0 Å². The number of carbonyl (C=O) groups excluding carboxylic acids is 1. The first-order valence-electron chi connectivity index (χ1n) is 8.41. The third-order valence-electron chi connectivity index (χ3n) is 3.91. The van der Waals surface area contributed by atoms with Gasteiger partial charge >= 0.3 is 0 Å². The van der Waals surface area contributed by atoms with Crippen LogP contribution in [0.15, 0.2) is 65.5 Å². The molecule has 0 saturated heterocycles. The van der Waals surface area contributed by atoms with Crippen molar-refractivity contribution < 1.29 is 13.6 Å². The van der Waals surface area contributed by atoms with Gasteiger partial charge in [0.15, 0.2) is 0 Å². The highest BCUT2D eigenvalue weighted by Gasteiger charge is 2.06. The normalized spacial score (nSPS) is 10.6. The summed E-state index contributed by atoms with van der Waals surface area (Å²) in [6, 6.07) is 14.3. The average molecular weight is 369 g/mol. The van der Waals surface area contributed by atoms with Gasteiger partial charge in [-0.05, 0) is 61.0 Å². The van der Waals surface area contributed by atoms with Crippen LogP contribution < -0.4 is 10.9 Å². The summed E-state index contributed by atoms with van der Waals surface area (Å²) in [5.74, 6) is -0.955. The highest BCUT2D eigenvalue weighted by molar-refractivity contribution is 5.90. The molecule has 0 atom stereocenters. The van der Waals surface area contributed by atoms with Crippen molar-refractivity contribution in [3.63, 3.8) is 0 Å². The molecule has 27 heavy (non-hydrogen) atoms. The number of aryl methyl sites for hydroxylation is 1. The number of rotatable bonds is 6. The number of carbonyl (C=O) groups is 1. The summed E-state index contributed by atoms with van der Waals surface area (Å²) in [6.07, 6.45) is 0.596. The molecule has 0 aliphatic rings. The zero-order valence-corrected chi connectivity index (χ0v) is 14.4. The summed E-state index contributed by atoms with van der Waals surface area (Å²) >= 11 is 0. The van der Waals surface area contributed by atoms with Gasteiger partial charge in [0.1, 0.15) is 11.6 Å². The van der Waals surface area contributed by atoms with E-state index in [1.54, 1.807) is 18.2 Å². The van der Waals surface area contributed by atoms with Gasteiger partial charge < -0.3 is 5.32 Å². The lowest BCUT2D eigenvalue weighted by molar-refractivity contribution is -0.116. The molecule has 7 heteroatoms. The van der Waals surface area contributed by atoms with Gasteiger partial charge in [-0.25, -0.2) is 13.5 Å². The fourth-order valence-electron chi connectivity index (χ4n) is 2.53. The molecule has 0 aliphatic carbocycles. The van der Waals surface area contributed by atoms with E-state index in [2.05, 4.69) is 10.4 Å². The van der Waals surface area contributed by atoms with E-state index in [1.807, 2.05) is 0 Å². The van der Waals surface area contributed by atoms with Crippen LogP contribution in [0.5, 0.6) is 0 Å². The lowest BCUT2D eigenvalue weighted by Gasteiger charge is -2.08. The molecule has 0 aliphatic heterocycles. The number of halogens is 2. The summed E-state index contributed by atoms with van der Waals surface area (Å²) in [5, 5.41) is 6.93. The summed E-state index contributed by atoms with van der Waals surface area (Å²) in [4.78, 5) is 23.9. The molecule has 3 aromatic rings. The predicted molar refractivity (Wildman–Crippen MR) is 98.2 cm³/mol. The SMILES string of the molecule is O=C(CCCn1nc(-c2ccc(F)cc2)ccc1=O)Nc1ccc(F)cc1. The maximum absolute atomic E-state index is 13.0. The second-order valence-corrected chi connectivity index (χ2v) is 5.95. The lowest BCUT2D eigenvalue weighted by atomic mass is 10.1. The van der Waals surface area contributed by atoms with Crippen molar-refractivity contribution in [2.75, 3.05) is 5.32 Å². The van der Waals surface area contributed by atoms with Crippen LogP contribution in [0.3, 0.4) is 0 Å². The second kappa shape index (κ2) is 8.35. The van der Waals surface area contributed by atoms with Crippen LogP contribution in [-0.4, -0.2) is 15.7 Å². The number of nitrogens with one attached hydrogen (secondary N) is 1. The van der Waals surface area contributed by atoms with Gasteiger partial charge in [-0.15, -0.1) is 0 Å². The quantitative estimate of drug-likeness (QED) is 0.722. The van der Waals surface area contributed by atoms with Crippen LogP contribution in [0.4, 0.5) is 14.5 Å². The fraction of sp³-hybridized carbons (Fsp3) is 0.150. The van der Waals surface area contributed by atoms with Crippen LogP contribution in [0.1, 0.15) is 12.8 Å². The number of aromatic nitrogens is 2. The average Bonchev–Trinajstić information content (AvgIpc) is 2.66. The minimum atomic E-state index is -0.375. The molecule has 1 N–H and O–H groups in total. The Kier molecular flexibility index (Phi) is 5.71. The first kappa shape index (κ1) is 18.4. The molecular weight excluding hydrogens is 352 g/mol. The van der Waals surface area contributed by atoms with Crippen molar-refractivity contribution in [2.45, 2.75) is 19.4 Å². The van der Waals surface area contributed by atoms with Gasteiger partial charge in [0, 0.05) is 30.3 Å². The van der Waals surface area contributed by atoms with E-state index < -0.39 is 0 Å². The van der Waals surface area contributed by atoms with Gasteiger partial charge in [-0.1, -0.05) is 0 Å². The molecule has 0 saturated carbocycles. The van der Waals surface area contributed by atoms with Crippen molar-refractivity contribution in [3.8, 4) is 11.3 Å². The van der Waals surface area contributed by atoms with Crippen LogP contribution in [-0.2, 0) is 11.3 Å². The maximum atomic E-state index is 13.0. The number of amides is 1. The molecule has 5 nitrogen and oxygen atoms in total. The molecule has 1 amide bonds. The van der Waals surface area contributed by atoms with Gasteiger partial charge in [0.25, 0.3) is 5.56 Å². The molecule has 2 aromatic carbocycles. The van der Waals surface area contributed by atoms with Crippen LogP contribution >= 0.6 is 0 Å². The Morgan fingerprint density at radius 1 is 0.926 bits per heavy atom. The molecule has 0 unspecified atom stereocenters. The fourth-order valence-corrected chi connectivity index (χ4v) is 2.53. The molecule has 138 valence electrons. The predicted octanol–water partition coefficient (Wildman–Crippen LogP) is 3.61. The Morgan fingerprint density at radius 3 is 2.22 bits per heavy atom. The second-order valence-electron chi connectivity index (χ2n) is 5.95. The molecule has 0 fully saturated rings. The third kappa shape index (κ3) is 5.07. The minimum Gasteiger partial charge on any atom is -0.326 e. The number of anilines is 1. The van der Waals surface area contributed by atoms with Crippen molar-refractivity contribution >= 4 is 11.6 Å². The van der Waals surface area contributed by atoms with E-state index >= 15 is 0 Å². The van der Waals surface area contributed by atoms with Gasteiger partial charge in [0.2, 0.25) is 5.91 Å². The standard InChI is InChI=1S/C20H17F2N3O2/c21-15-5-3-14(4-6-15)18-11-12-20(27)25(24-18)13-1-2-19(26)23-17-9-7-16(22)8-10-17/h3-12H,1-2,13H2,(H,23,26).